The van der Waals surface area contributed by atoms with Gasteiger partial charge in [0.1, 0.15) is 0 Å². The lowest BCUT2D eigenvalue weighted by molar-refractivity contribution is 0.441. The Balaban J connectivity index is 1.62. The highest BCUT2D eigenvalue weighted by molar-refractivity contribution is 7.99. The number of thiophene rings is 1. The van der Waals surface area contributed by atoms with Gasteiger partial charge in [-0.05, 0) is 30.0 Å². The van der Waals surface area contributed by atoms with E-state index in [0.717, 1.165) is 25.4 Å². The second-order valence-electron chi connectivity index (χ2n) is 5.67. The minimum atomic E-state index is 0.568. The van der Waals surface area contributed by atoms with Crippen molar-refractivity contribution in [2.24, 2.45) is 0 Å². The summed E-state index contributed by atoms with van der Waals surface area (Å²) < 4.78 is 0. The second-order valence-corrected chi connectivity index (χ2v) is 7.87. The average molecular weight is 349 g/mol. The van der Waals surface area contributed by atoms with E-state index in [1.54, 1.807) is 0 Å². The van der Waals surface area contributed by atoms with Gasteiger partial charge in [0, 0.05) is 41.2 Å². The molecule has 0 aliphatic carbocycles. The zero-order valence-electron chi connectivity index (χ0n) is 14.0. The van der Waals surface area contributed by atoms with Crippen LogP contribution < -0.4 is 10.6 Å². The van der Waals surface area contributed by atoms with E-state index in [1.807, 2.05) is 23.1 Å². The van der Waals surface area contributed by atoms with Gasteiger partial charge in [0.15, 0.2) is 0 Å². The molecule has 1 aromatic heterocycles. The van der Waals surface area contributed by atoms with Gasteiger partial charge < -0.3 is 10.6 Å². The van der Waals surface area contributed by atoms with Crippen LogP contribution in [-0.2, 0) is 6.54 Å². The summed E-state index contributed by atoms with van der Waals surface area (Å²) in [5.74, 6) is 1.12. The first-order valence-electron chi connectivity index (χ1n) is 8.53. The van der Waals surface area contributed by atoms with Crippen molar-refractivity contribution in [2.75, 3.05) is 18.8 Å². The molecule has 23 heavy (non-hydrogen) atoms. The molecule has 0 bridgehead atoms. The predicted octanol–water partition coefficient (Wildman–Crippen LogP) is 4.78. The Morgan fingerprint density at radius 3 is 2.74 bits per heavy atom. The summed E-state index contributed by atoms with van der Waals surface area (Å²) in [5.41, 5.74) is 0. The molecule has 1 heterocycles. The van der Waals surface area contributed by atoms with Gasteiger partial charge in [-0.2, -0.15) is 0 Å². The Morgan fingerprint density at radius 2 is 2.00 bits per heavy atom. The molecule has 2 nitrogen and oxygen atoms in total. The number of nitrogens with one attached hydrogen (secondary N) is 2. The van der Waals surface area contributed by atoms with Crippen LogP contribution in [0.25, 0.3) is 0 Å². The predicted molar refractivity (Wildman–Crippen MR) is 105 cm³/mol. The zero-order valence-corrected chi connectivity index (χ0v) is 15.6. The standard InChI is InChI=1S/C19H28N2S2/c1-2-3-8-17(21-16-19-11-7-13-22-19)15-20-12-14-23-18-9-5-4-6-10-18/h4-7,9-11,13,17,20-21H,2-3,8,12,14-16H2,1H3/t17-/m1/s1. The number of rotatable bonds is 12. The van der Waals surface area contributed by atoms with Crippen molar-refractivity contribution in [1.82, 2.24) is 10.6 Å². The molecule has 0 saturated heterocycles. The van der Waals surface area contributed by atoms with Crippen molar-refractivity contribution in [3.05, 3.63) is 52.7 Å². The van der Waals surface area contributed by atoms with Gasteiger partial charge in [0.25, 0.3) is 0 Å². The highest BCUT2D eigenvalue weighted by Crippen LogP contribution is 2.15. The Kier molecular flexibility index (Phi) is 9.41. The van der Waals surface area contributed by atoms with E-state index in [4.69, 9.17) is 0 Å². The van der Waals surface area contributed by atoms with Crippen LogP contribution in [0, 0.1) is 0 Å². The topological polar surface area (TPSA) is 24.1 Å². The van der Waals surface area contributed by atoms with Crippen LogP contribution in [-0.4, -0.2) is 24.9 Å². The van der Waals surface area contributed by atoms with Crippen molar-refractivity contribution in [2.45, 2.75) is 43.7 Å². The van der Waals surface area contributed by atoms with E-state index >= 15 is 0 Å². The van der Waals surface area contributed by atoms with Crippen LogP contribution in [0.1, 0.15) is 31.1 Å². The van der Waals surface area contributed by atoms with Gasteiger partial charge in [-0.15, -0.1) is 23.1 Å². The van der Waals surface area contributed by atoms with Gasteiger partial charge in [0.2, 0.25) is 0 Å². The third-order valence-corrected chi connectivity index (χ3v) is 5.62. The first-order chi connectivity index (χ1) is 11.4. The largest absolute Gasteiger partial charge is 0.314 e. The van der Waals surface area contributed by atoms with Gasteiger partial charge in [0.05, 0.1) is 0 Å². The van der Waals surface area contributed by atoms with Crippen LogP contribution in [0.15, 0.2) is 52.7 Å². The highest BCUT2D eigenvalue weighted by Gasteiger charge is 2.07. The van der Waals surface area contributed by atoms with Gasteiger partial charge >= 0.3 is 0 Å². The van der Waals surface area contributed by atoms with E-state index in [0.29, 0.717) is 6.04 Å². The third kappa shape index (κ3) is 8.02. The van der Waals surface area contributed by atoms with E-state index in [-0.39, 0.29) is 0 Å². The van der Waals surface area contributed by atoms with Crippen molar-refractivity contribution < 1.29 is 0 Å². The molecule has 0 saturated carbocycles. The molecule has 0 amide bonds. The van der Waals surface area contributed by atoms with E-state index in [2.05, 4.69) is 65.4 Å². The Morgan fingerprint density at radius 1 is 1.13 bits per heavy atom. The number of unbranched alkanes of at least 4 members (excludes halogenated alkanes) is 1. The third-order valence-electron chi connectivity index (χ3n) is 3.73. The molecular weight excluding hydrogens is 320 g/mol. The zero-order chi connectivity index (χ0) is 16.2. The summed E-state index contributed by atoms with van der Waals surface area (Å²) in [6, 6.07) is 15.5. The van der Waals surface area contributed by atoms with E-state index in [9.17, 15) is 0 Å². The SMILES string of the molecule is CCCC[C@H](CNCCSc1ccccc1)NCc1cccs1. The molecule has 0 spiro atoms. The average Bonchev–Trinajstić information content (AvgIpc) is 3.11. The first kappa shape index (κ1) is 18.5. The Bertz CT molecular complexity index is 499. The fourth-order valence-corrected chi connectivity index (χ4v) is 3.91. The first-order valence-corrected chi connectivity index (χ1v) is 10.4. The molecule has 0 fully saturated rings. The summed E-state index contributed by atoms with van der Waals surface area (Å²) in [6.07, 6.45) is 3.81. The molecule has 0 unspecified atom stereocenters. The maximum atomic E-state index is 3.71. The van der Waals surface area contributed by atoms with Crippen LogP contribution in [0.3, 0.4) is 0 Å². The second kappa shape index (κ2) is 11.7. The summed E-state index contributed by atoms with van der Waals surface area (Å²) in [6.45, 7) is 5.37. The van der Waals surface area contributed by atoms with Crippen molar-refractivity contribution in [3.8, 4) is 0 Å². The molecule has 2 rings (SSSR count). The molecule has 1 atom stereocenters. The fraction of sp³-hybridized carbons (Fsp3) is 0.474. The van der Waals surface area contributed by atoms with E-state index in [1.165, 1.54) is 29.0 Å². The molecule has 2 N–H and O–H groups in total. The quantitative estimate of drug-likeness (QED) is 0.426. The lowest BCUT2D eigenvalue weighted by atomic mass is 10.1. The normalized spacial score (nSPS) is 12.4. The molecule has 0 aliphatic rings. The number of hydrogen-bond donors (Lipinski definition) is 2. The summed E-state index contributed by atoms with van der Waals surface area (Å²) in [5, 5.41) is 9.47. The van der Waals surface area contributed by atoms with Crippen LogP contribution in [0.5, 0.6) is 0 Å². The van der Waals surface area contributed by atoms with Gasteiger partial charge in [-0.1, -0.05) is 44.0 Å². The molecule has 2 aromatic rings. The lowest BCUT2D eigenvalue weighted by Crippen LogP contribution is -2.38. The summed E-state index contributed by atoms with van der Waals surface area (Å²) >= 11 is 3.75. The minimum Gasteiger partial charge on any atom is -0.314 e. The molecule has 126 valence electrons. The maximum Gasteiger partial charge on any atom is 0.0302 e. The van der Waals surface area contributed by atoms with E-state index < -0.39 is 0 Å². The number of hydrogen-bond acceptors (Lipinski definition) is 4. The number of thioether (sulfide) groups is 1. The molecule has 0 radical (unpaired) electrons. The van der Waals surface area contributed by atoms with Crippen molar-refractivity contribution in [1.29, 1.82) is 0 Å². The Labute approximate surface area is 149 Å². The smallest absolute Gasteiger partial charge is 0.0302 e. The van der Waals surface area contributed by atoms with Gasteiger partial charge in [-0.25, -0.2) is 0 Å². The molecule has 4 heteroatoms. The van der Waals surface area contributed by atoms with Crippen molar-refractivity contribution in [3.63, 3.8) is 0 Å². The van der Waals surface area contributed by atoms with Crippen LogP contribution in [0.2, 0.25) is 0 Å². The molecule has 0 aliphatic heterocycles. The van der Waals surface area contributed by atoms with Crippen molar-refractivity contribution >= 4 is 23.1 Å². The molecular formula is C19H28N2S2. The lowest BCUT2D eigenvalue weighted by Gasteiger charge is -2.19. The maximum absolute atomic E-state index is 3.71. The molecule has 1 aromatic carbocycles. The van der Waals surface area contributed by atoms with Crippen LogP contribution >= 0.6 is 23.1 Å². The highest BCUT2D eigenvalue weighted by atomic mass is 32.2. The minimum absolute atomic E-state index is 0.568. The summed E-state index contributed by atoms with van der Waals surface area (Å²) in [7, 11) is 0. The summed E-state index contributed by atoms with van der Waals surface area (Å²) in [4.78, 5) is 2.78. The Hall–Kier alpha value is -0.810. The van der Waals surface area contributed by atoms with Gasteiger partial charge in [-0.3, -0.25) is 0 Å². The number of benzene rings is 1. The van der Waals surface area contributed by atoms with Crippen LogP contribution in [0.4, 0.5) is 0 Å². The fourth-order valence-electron chi connectivity index (χ4n) is 2.42. The monoisotopic (exact) mass is 348 g/mol.